The largest absolute Gasteiger partial charge is 0.462 e. The van der Waals surface area contributed by atoms with Gasteiger partial charge in [-0.3, -0.25) is 19.0 Å². The van der Waals surface area contributed by atoms with Gasteiger partial charge in [0.05, 0.1) is 28.8 Å². The smallest absolute Gasteiger partial charge is 0.338 e. The van der Waals surface area contributed by atoms with Gasteiger partial charge in [-0.15, -0.1) is 11.3 Å². The minimum atomic E-state index is -0.624. The maximum atomic E-state index is 12.7. The molecular formula is C20H20N4O5S. The van der Waals surface area contributed by atoms with Gasteiger partial charge in [0, 0.05) is 5.69 Å². The fourth-order valence-corrected chi connectivity index (χ4v) is 3.82. The van der Waals surface area contributed by atoms with E-state index in [1.54, 1.807) is 31.2 Å². The highest BCUT2D eigenvalue weighted by Gasteiger charge is 2.18. The van der Waals surface area contributed by atoms with Crippen LogP contribution < -0.4 is 16.6 Å². The molecule has 0 saturated heterocycles. The molecule has 156 valence electrons. The maximum absolute atomic E-state index is 12.7. The van der Waals surface area contributed by atoms with Gasteiger partial charge in [-0.2, -0.15) is 0 Å². The summed E-state index contributed by atoms with van der Waals surface area (Å²) in [6, 6.07) is 6.25. The van der Waals surface area contributed by atoms with Crippen LogP contribution in [0.2, 0.25) is 0 Å². The highest BCUT2D eigenvalue weighted by Crippen LogP contribution is 2.26. The van der Waals surface area contributed by atoms with Crippen LogP contribution in [-0.4, -0.2) is 33.9 Å². The summed E-state index contributed by atoms with van der Waals surface area (Å²) >= 11 is 1.05. The lowest BCUT2D eigenvalue weighted by Gasteiger charge is -2.08. The van der Waals surface area contributed by atoms with E-state index >= 15 is 0 Å². The van der Waals surface area contributed by atoms with Crippen molar-refractivity contribution in [3.05, 3.63) is 57.0 Å². The predicted octanol–water partition coefficient (Wildman–Crippen LogP) is 2.07. The van der Waals surface area contributed by atoms with Crippen LogP contribution in [0, 0.1) is 6.92 Å². The van der Waals surface area contributed by atoms with E-state index in [9.17, 15) is 19.2 Å². The molecule has 3 rings (SSSR count). The number of anilines is 1. The van der Waals surface area contributed by atoms with E-state index in [4.69, 9.17) is 10.5 Å². The summed E-state index contributed by atoms with van der Waals surface area (Å²) in [6.45, 7) is 3.61. The van der Waals surface area contributed by atoms with Gasteiger partial charge in [0.2, 0.25) is 5.91 Å². The number of hydrogen-bond donors (Lipinski definition) is 2. The van der Waals surface area contributed by atoms with E-state index in [1.807, 2.05) is 6.92 Å². The standard InChI is InChI=1S/C20H20N4O5S/c1-3-8-29-20(28)12-4-6-13(7-5-12)23-14(25)9-24-10-22-18-15(19(24)27)11(2)16(30-18)17(21)26/h4-7,10H,3,8-9H2,1-2H3,(H2,21,26)(H,23,25). The molecule has 0 spiro atoms. The number of benzene rings is 1. The first-order valence-corrected chi connectivity index (χ1v) is 9.98. The quantitative estimate of drug-likeness (QED) is 0.554. The molecule has 30 heavy (non-hydrogen) atoms. The van der Waals surface area contributed by atoms with E-state index in [0.717, 1.165) is 17.8 Å². The Morgan fingerprint density at radius 2 is 1.93 bits per heavy atom. The third-order valence-corrected chi connectivity index (χ3v) is 5.51. The van der Waals surface area contributed by atoms with Crippen molar-refractivity contribution in [1.29, 1.82) is 0 Å². The minimum absolute atomic E-state index is 0.261. The predicted molar refractivity (Wildman–Crippen MR) is 113 cm³/mol. The molecule has 0 atom stereocenters. The Balaban J connectivity index is 1.73. The molecule has 0 aliphatic carbocycles. The summed E-state index contributed by atoms with van der Waals surface area (Å²) in [4.78, 5) is 53.2. The number of rotatable bonds is 7. The molecule has 2 heterocycles. The number of thiophene rings is 1. The number of nitrogens with one attached hydrogen (secondary N) is 1. The zero-order chi connectivity index (χ0) is 21.8. The molecule has 3 N–H and O–H groups in total. The number of esters is 1. The Bertz CT molecular complexity index is 1180. The first-order valence-electron chi connectivity index (χ1n) is 9.17. The third kappa shape index (κ3) is 4.38. The van der Waals surface area contributed by atoms with Crippen molar-refractivity contribution in [2.75, 3.05) is 11.9 Å². The van der Waals surface area contributed by atoms with Gasteiger partial charge in [0.1, 0.15) is 11.4 Å². The Morgan fingerprint density at radius 3 is 2.57 bits per heavy atom. The second-order valence-corrected chi connectivity index (χ2v) is 7.54. The van der Waals surface area contributed by atoms with Crippen LogP contribution in [0.5, 0.6) is 0 Å². The van der Waals surface area contributed by atoms with Crippen LogP contribution in [0.4, 0.5) is 5.69 Å². The van der Waals surface area contributed by atoms with Crippen molar-refractivity contribution in [3.63, 3.8) is 0 Å². The van der Waals surface area contributed by atoms with Crippen molar-refractivity contribution >= 4 is 45.0 Å². The molecule has 0 bridgehead atoms. The molecule has 2 aromatic heterocycles. The van der Waals surface area contributed by atoms with Crippen LogP contribution >= 0.6 is 11.3 Å². The molecule has 1 aromatic carbocycles. The van der Waals surface area contributed by atoms with Gasteiger partial charge >= 0.3 is 5.97 Å². The Morgan fingerprint density at radius 1 is 1.23 bits per heavy atom. The highest BCUT2D eigenvalue weighted by atomic mass is 32.1. The minimum Gasteiger partial charge on any atom is -0.462 e. The van der Waals surface area contributed by atoms with E-state index in [2.05, 4.69) is 10.3 Å². The van der Waals surface area contributed by atoms with Crippen molar-refractivity contribution in [2.45, 2.75) is 26.8 Å². The SMILES string of the molecule is CCCOC(=O)c1ccc(NC(=O)Cn2cnc3sc(C(N)=O)c(C)c3c2=O)cc1. The molecule has 2 amide bonds. The van der Waals surface area contributed by atoms with Crippen molar-refractivity contribution in [3.8, 4) is 0 Å². The fourth-order valence-electron chi connectivity index (χ4n) is 2.83. The normalized spacial score (nSPS) is 10.7. The van der Waals surface area contributed by atoms with E-state index in [-0.39, 0.29) is 16.8 Å². The Hall–Kier alpha value is -3.53. The summed E-state index contributed by atoms with van der Waals surface area (Å²) in [7, 11) is 0. The summed E-state index contributed by atoms with van der Waals surface area (Å²) < 4.78 is 6.22. The van der Waals surface area contributed by atoms with Crippen LogP contribution in [0.1, 0.15) is 38.9 Å². The van der Waals surface area contributed by atoms with Crippen molar-refractivity contribution < 1.29 is 19.1 Å². The summed E-state index contributed by atoms with van der Waals surface area (Å²) in [5.41, 5.74) is 6.21. The molecule has 0 aliphatic rings. The Kier molecular flexibility index (Phi) is 6.26. The lowest BCUT2D eigenvalue weighted by molar-refractivity contribution is -0.116. The van der Waals surface area contributed by atoms with Crippen LogP contribution in [0.3, 0.4) is 0 Å². The van der Waals surface area contributed by atoms with Gasteiger partial charge in [-0.1, -0.05) is 6.92 Å². The molecule has 0 saturated carbocycles. The molecular weight excluding hydrogens is 408 g/mol. The number of aromatic nitrogens is 2. The number of amides is 2. The molecule has 9 nitrogen and oxygen atoms in total. The average molecular weight is 428 g/mol. The summed E-state index contributed by atoms with van der Waals surface area (Å²) in [5, 5.41) is 2.94. The lowest BCUT2D eigenvalue weighted by Crippen LogP contribution is -2.28. The third-order valence-electron chi connectivity index (χ3n) is 4.30. The van der Waals surface area contributed by atoms with Crippen LogP contribution in [0.15, 0.2) is 35.4 Å². The van der Waals surface area contributed by atoms with E-state index in [1.165, 1.54) is 10.9 Å². The van der Waals surface area contributed by atoms with Crippen LogP contribution in [0.25, 0.3) is 10.2 Å². The first-order chi connectivity index (χ1) is 14.3. The van der Waals surface area contributed by atoms with E-state index in [0.29, 0.717) is 28.3 Å². The number of carbonyl (C=O) groups excluding carboxylic acids is 3. The molecule has 0 unspecified atom stereocenters. The number of primary amides is 1. The number of ether oxygens (including phenoxy) is 1. The molecule has 10 heteroatoms. The monoisotopic (exact) mass is 428 g/mol. The lowest BCUT2D eigenvalue weighted by atomic mass is 10.2. The molecule has 0 radical (unpaired) electrons. The number of fused-ring (bicyclic) bond motifs is 1. The van der Waals surface area contributed by atoms with Gasteiger partial charge in [-0.25, -0.2) is 9.78 Å². The number of nitrogens with zero attached hydrogens (tertiary/aromatic N) is 2. The van der Waals surface area contributed by atoms with E-state index < -0.39 is 23.3 Å². The first kappa shape index (κ1) is 21.2. The summed E-state index contributed by atoms with van der Waals surface area (Å²) in [5.74, 6) is -1.49. The van der Waals surface area contributed by atoms with Gasteiger partial charge < -0.3 is 15.8 Å². The molecule has 0 aliphatic heterocycles. The highest BCUT2D eigenvalue weighted by molar-refractivity contribution is 7.20. The van der Waals surface area contributed by atoms with Gasteiger partial charge in [-0.05, 0) is 43.2 Å². The number of carbonyl (C=O) groups is 3. The Labute approximate surface area is 175 Å². The summed E-state index contributed by atoms with van der Waals surface area (Å²) in [6.07, 6.45) is 1.99. The fraction of sp³-hybridized carbons (Fsp3) is 0.250. The zero-order valence-corrected chi connectivity index (χ0v) is 17.2. The second-order valence-electron chi connectivity index (χ2n) is 6.54. The number of aryl methyl sites for hydroxylation is 1. The number of hydrogen-bond acceptors (Lipinski definition) is 7. The van der Waals surface area contributed by atoms with Crippen LogP contribution in [-0.2, 0) is 16.1 Å². The van der Waals surface area contributed by atoms with Crippen molar-refractivity contribution in [2.24, 2.45) is 5.73 Å². The average Bonchev–Trinajstić information content (AvgIpc) is 3.06. The van der Waals surface area contributed by atoms with Gasteiger partial charge in [0.25, 0.3) is 11.5 Å². The number of nitrogens with two attached hydrogens (primary N) is 1. The molecule has 3 aromatic rings. The van der Waals surface area contributed by atoms with Gasteiger partial charge in [0.15, 0.2) is 0 Å². The second kappa shape index (κ2) is 8.87. The molecule has 0 fully saturated rings. The van der Waals surface area contributed by atoms with Crippen molar-refractivity contribution in [1.82, 2.24) is 9.55 Å². The maximum Gasteiger partial charge on any atom is 0.338 e. The topological polar surface area (TPSA) is 133 Å². The zero-order valence-electron chi connectivity index (χ0n) is 16.4.